The van der Waals surface area contributed by atoms with Crippen molar-refractivity contribution in [1.29, 1.82) is 0 Å². The van der Waals surface area contributed by atoms with Gasteiger partial charge < -0.3 is 15.7 Å². The quantitative estimate of drug-likeness (QED) is 0.522. The number of hydrogen-bond donors (Lipinski definition) is 3. The monoisotopic (exact) mass is 267 g/mol. The van der Waals surface area contributed by atoms with Crippen LogP contribution in [-0.2, 0) is 0 Å². The molecule has 0 aliphatic rings. The molecular weight excluding hydrogens is 246 g/mol. The van der Waals surface area contributed by atoms with Gasteiger partial charge in [0.05, 0.1) is 10.5 Å². The van der Waals surface area contributed by atoms with Gasteiger partial charge in [-0.15, -0.1) is 0 Å². The van der Waals surface area contributed by atoms with Gasteiger partial charge in [-0.25, -0.2) is 0 Å². The second-order valence-corrected chi connectivity index (χ2v) is 5.05. The fraction of sp³-hybridized carbons (Fsp3) is 0.538. The number of hydrogen-bond acceptors (Lipinski definition) is 5. The van der Waals surface area contributed by atoms with E-state index in [-0.39, 0.29) is 12.2 Å². The van der Waals surface area contributed by atoms with E-state index in [2.05, 4.69) is 10.6 Å². The van der Waals surface area contributed by atoms with Gasteiger partial charge in [0.25, 0.3) is 0 Å². The summed E-state index contributed by atoms with van der Waals surface area (Å²) in [6, 6.07) is 5.07. The third-order valence-corrected chi connectivity index (χ3v) is 2.50. The van der Waals surface area contributed by atoms with Crippen molar-refractivity contribution in [1.82, 2.24) is 0 Å². The highest BCUT2D eigenvalue weighted by molar-refractivity contribution is 5.76. The molecule has 3 N–H and O–H groups in total. The van der Waals surface area contributed by atoms with Crippen molar-refractivity contribution < 1.29 is 10.0 Å². The van der Waals surface area contributed by atoms with Crippen LogP contribution in [0, 0.1) is 10.1 Å². The molecule has 0 aliphatic carbocycles. The normalized spacial score (nSPS) is 11.2. The van der Waals surface area contributed by atoms with Crippen LogP contribution in [0.25, 0.3) is 0 Å². The number of nitro benzene ring substituents is 1. The number of anilines is 2. The van der Waals surface area contributed by atoms with Gasteiger partial charge in [-0.1, -0.05) is 13.0 Å². The minimum absolute atomic E-state index is 0.0141. The van der Waals surface area contributed by atoms with Gasteiger partial charge >= 0.3 is 5.69 Å². The number of nitro groups is 1. The topological polar surface area (TPSA) is 87.4 Å². The number of nitrogens with zero attached hydrogens (tertiary/aromatic N) is 1. The van der Waals surface area contributed by atoms with Crippen LogP contribution in [0.1, 0.15) is 27.2 Å². The molecule has 0 aromatic heterocycles. The van der Waals surface area contributed by atoms with Crippen LogP contribution in [0.5, 0.6) is 0 Å². The molecule has 0 heterocycles. The predicted octanol–water partition coefficient (Wildman–Crippen LogP) is 2.60. The van der Waals surface area contributed by atoms with Crippen molar-refractivity contribution in [2.75, 3.05) is 23.7 Å². The van der Waals surface area contributed by atoms with Crippen LogP contribution in [0.15, 0.2) is 18.2 Å². The second kappa shape index (κ2) is 6.38. The largest absolute Gasteiger partial charge is 0.389 e. The van der Waals surface area contributed by atoms with E-state index in [4.69, 9.17) is 0 Å². The Labute approximate surface area is 113 Å². The van der Waals surface area contributed by atoms with Crippen molar-refractivity contribution in [3.8, 4) is 0 Å². The molecule has 106 valence electrons. The second-order valence-electron chi connectivity index (χ2n) is 5.05. The molecule has 1 aromatic carbocycles. The summed E-state index contributed by atoms with van der Waals surface area (Å²) >= 11 is 0. The van der Waals surface area contributed by atoms with E-state index in [0.29, 0.717) is 17.9 Å². The van der Waals surface area contributed by atoms with Crippen LogP contribution >= 0.6 is 0 Å². The molecule has 0 spiro atoms. The minimum Gasteiger partial charge on any atom is -0.389 e. The Kier molecular flexibility index (Phi) is 5.11. The van der Waals surface area contributed by atoms with Gasteiger partial charge in [-0.3, -0.25) is 10.1 Å². The van der Waals surface area contributed by atoms with Crippen LogP contribution in [0.2, 0.25) is 0 Å². The number of para-hydroxylation sites is 1. The maximum Gasteiger partial charge on any atom is 0.315 e. The highest BCUT2D eigenvalue weighted by Crippen LogP contribution is 2.33. The van der Waals surface area contributed by atoms with E-state index in [1.165, 1.54) is 0 Å². The molecule has 0 saturated heterocycles. The third kappa shape index (κ3) is 4.75. The zero-order valence-electron chi connectivity index (χ0n) is 11.6. The molecule has 1 aromatic rings. The molecule has 0 bridgehead atoms. The number of nitrogens with one attached hydrogen (secondary N) is 2. The van der Waals surface area contributed by atoms with Gasteiger partial charge in [0.2, 0.25) is 0 Å². The smallest absolute Gasteiger partial charge is 0.315 e. The standard InChI is InChI=1S/C13H21N3O3/c1-4-8-14-10-6-5-7-11(12(10)16(18)19)15-9-13(2,3)17/h5-7,14-15,17H,4,8-9H2,1-3H3. The fourth-order valence-corrected chi connectivity index (χ4v) is 1.60. The molecule has 0 unspecified atom stereocenters. The highest BCUT2D eigenvalue weighted by atomic mass is 16.6. The van der Waals surface area contributed by atoms with E-state index >= 15 is 0 Å². The molecule has 1 rings (SSSR count). The van der Waals surface area contributed by atoms with Gasteiger partial charge in [0.1, 0.15) is 11.4 Å². The molecule has 19 heavy (non-hydrogen) atoms. The van der Waals surface area contributed by atoms with Crippen molar-refractivity contribution in [3.05, 3.63) is 28.3 Å². The first kappa shape index (κ1) is 15.2. The van der Waals surface area contributed by atoms with E-state index in [0.717, 1.165) is 6.42 Å². The third-order valence-electron chi connectivity index (χ3n) is 2.50. The first-order valence-corrected chi connectivity index (χ1v) is 6.32. The molecule has 0 atom stereocenters. The summed E-state index contributed by atoms with van der Waals surface area (Å²) in [5.41, 5.74) is -0.0122. The van der Waals surface area contributed by atoms with Crippen LogP contribution in [-0.4, -0.2) is 28.7 Å². The Morgan fingerprint density at radius 3 is 2.37 bits per heavy atom. The zero-order valence-corrected chi connectivity index (χ0v) is 11.6. The number of benzene rings is 1. The van der Waals surface area contributed by atoms with Gasteiger partial charge in [-0.05, 0) is 32.4 Å². The van der Waals surface area contributed by atoms with E-state index < -0.39 is 10.5 Å². The van der Waals surface area contributed by atoms with Crippen LogP contribution in [0.4, 0.5) is 17.1 Å². The van der Waals surface area contributed by atoms with Crippen LogP contribution in [0.3, 0.4) is 0 Å². The number of rotatable bonds is 7. The molecule has 0 amide bonds. The maximum absolute atomic E-state index is 11.2. The average molecular weight is 267 g/mol. The van der Waals surface area contributed by atoms with Gasteiger partial charge in [-0.2, -0.15) is 0 Å². The zero-order chi connectivity index (χ0) is 14.5. The molecule has 0 aliphatic heterocycles. The first-order valence-electron chi connectivity index (χ1n) is 6.32. The SMILES string of the molecule is CCCNc1cccc(NCC(C)(C)O)c1[N+](=O)[O-]. The average Bonchev–Trinajstić information content (AvgIpc) is 2.32. The molecule has 6 nitrogen and oxygen atoms in total. The summed E-state index contributed by atoms with van der Waals surface area (Å²) in [4.78, 5) is 10.8. The summed E-state index contributed by atoms with van der Waals surface area (Å²) in [5.74, 6) is 0. The lowest BCUT2D eigenvalue weighted by molar-refractivity contribution is -0.383. The van der Waals surface area contributed by atoms with Gasteiger partial charge in [0, 0.05) is 13.1 Å². The van der Waals surface area contributed by atoms with E-state index in [1.807, 2.05) is 6.92 Å². The Morgan fingerprint density at radius 1 is 1.32 bits per heavy atom. The lowest BCUT2D eigenvalue weighted by atomic mass is 10.1. The summed E-state index contributed by atoms with van der Waals surface area (Å²) in [5, 5.41) is 26.8. The fourth-order valence-electron chi connectivity index (χ4n) is 1.60. The van der Waals surface area contributed by atoms with Crippen LogP contribution < -0.4 is 10.6 Å². The predicted molar refractivity (Wildman–Crippen MR) is 76.7 cm³/mol. The summed E-state index contributed by atoms with van der Waals surface area (Å²) in [6.45, 7) is 6.20. The molecule has 0 radical (unpaired) electrons. The molecular formula is C13H21N3O3. The maximum atomic E-state index is 11.2. The van der Waals surface area contributed by atoms with Crippen molar-refractivity contribution in [2.24, 2.45) is 0 Å². The minimum atomic E-state index is -0.930. The lowest BCUT2D eigenvalue weighted by Gasteiger charge is -2.19. The summed E-state index contributed by atoms with van der Waals surface area (Å²) in [6.07, 6.45) is 0.887. The lowest BCUT2D eigenvalue weighted by Crippen LogP contribution is -2.29. The first-order chi connectivity index (χ1) is 8.85. The Morgan fingerprint density at radius 2 is 1.89 bits per heavy atom. The van der Waals surface area contributed by atoms with Gasteiger partial charge in [0.15, 0.2) is 0 Å². The van der Waals surface area contributed by atoms with E-state index in [1.54, 1.807) is 32.0 Å². The summed E-state index contributed by atoms with van der Waals surface area (Å²) in [7, 11) is 0. The van der Waals surface area contributed by atoms with Crippen molar-refractivity contribution in [2.45, 2.75) is 32.8 Å². The Hall–Kier alpha value is -1.82. The van der Waals surface area contributed by atoms with Crippen molar-refractivity contribution >= 4 is 17.1 Å². The Balaban J connectivity index is 2.99. The molecule has 6 heteroatoms. The highest BCUT2D eigenvalue weighted by Gasteiger charge is 2.21. The summed E-state index contributed by atoms with van der Waals surface area (Å²) < 4.78 is 0. The van der Waals surface area contributed by atoms with E-state index in [9.17, 15) is 15.2 Å². The molecule has 0 fully saturated rings. The van der Waals surface area contributed by atoms with Crippen molar-refractivity contribution in [3.63, 3.8) is 0 Å². The number of aliphatic hydroxyl groups is 1. The molecule has 0 saturated carbocycles. The Bertz CT molecular complexity index is 441.